The minimum atomic E-state index is 1.14. The molecule has 0 spiro atoms. The zero-order valence-electron chi connectivity index (χ0n) is 29.5. The number of hydrogen-bond donors (Lipinski definition) is 0. The molecule has 0 heteroatoms. The zero-order valence-corrected chi connectivity index (χ0v) is 29.5. The lowest BCUT2D eigenvalue weighted by Crippen LogP contribution is -1.92. The average molecular weight is 665 g/mol. The Morgan fingerprint density at radius 1 is 0.288 bits per heavy atom. The Balaban J connectivity index is 0.784. The molecule has 0 amide bonds. The summed E-state index contributed by atoms with van der Waals surface area (Å²) in [7, 11) is 0. The third-order valence-electron chi connectivity index (χ3n) is 12.3. The molecule has 52 heavy (non-hydrogen) atoms. The van der Waals surface area contributed by atoms with Gasteiger partial charge in [-0.05, 0) is 135 Å². The Morgan fingerprint density at radius 2 is 0.885 bits per heavy atom. The SMILES string of the molecule is c1ccc2c3c(ccc2c1)-c1cccc2ccc(CCCCCCCCc4ccc5c(c4)c4c(c6ccccc65)-c5cccc6cccc-4c56)c-3c12. The Hall–Kier alpha value is -5.72. The average Bonchev–Trinajstić information content (AvgIpc) is 3.73. The van der Waals surface area contributed by atoms with Gasteiger partial charge in [0.2, 0.25) is 0 Å². The van der Waals surface area contributed by atoms with E-state index in [1.54, 1.807) is 0 Å². The fourth-order valence-electron chi connectivity index (χ4n) is 9.97. The molecular formula is C52H40. The fourth-order valence-corrected chi connectivity index (χ4v) is 9.97. The summed E-state index contributed by atoms with van der Waals surface area (Å²) in [6, 6.07) is 55.1. The molecular weight excluding hydrogens is 625 g/mol. The Labute approximate surface area is 305 Å². The zero-order chi connectivity index (χ0) is 34.2. The van der Waals surface area contributed by atoms with Gasteiger partial charge in [0, 0.05) is 0 Å². The van der Waals surface area contributed by atoms with Gasteiger partial charge in [-0.1, -0.05) is 171 Å². The smallest absolute Gasteiger partial charge is 0.00136 e. The van der Waals surface area contributed by atoms with Crippen molar-refractivity contribution in [1.82, 2.24) is 0 Å². The molecule has 2 aliphatic carbocycles. The van der Waals surface area contributed by atoms with Crippen LogP contribution < -0.4 is 0 Å². The first-order valence-electron chi connectivity index (χ1n) is 19.4. The van der Waals surface area contributed by atoms with Crippen LogP contribution in [0.3, 0.4) is 0 Å². The second-order valence-corrected chi connectivity index (χ2v) is 15.2. The lowest BCUT2D eigenvalue weighted by Gasteiger charge is -2.14. The lowest BCUT2D eigenvalue weighted by molar-refractivity contribution is 0.594. The third-order valence-corrected chi connectivity index (χ3v) is 12.3. The number of benzene rings is 9. The molecule has 0 saturated carbocycles. The topological polar surface area (TPSA) is 0 Å². The van der Waals surface area contributed by atoms with Crippen LogP contribution in [0.2, 0.25) is 0 Å². The van der Waals surface area contributed by atoms with Crippen molar-refractivity contribution < 1.29 is 0 Å². The predicted octanol–water partition coefficient (Wildman–Crippen LogP) is 14.9. The van der Waals surface area contributed by atoms with E-state index < -0.39 is 0 Å². The monoisotopic (exact) mass is 664 g/mol. The number of hydrogen-bond acceptors (Lipinski definition) is 0. The predicted molar refractivity (Wildman–Crippen MR) is 224 cm³/mol. The summed E-state index contributed by atoms with van der Waals surface area (Å²) in [4.78, 5) is 0. The van der Waals surface area contributed by atoms with Crippen LogP contribution in [0.5, 0.6) is 0 Å². The highest BCUT2D eigenvalue weighted by Gasteiger charge is 2.27. The van der Waals surface area contributed by atoms with Crippen molar-refractivity contribution >= 4 is 53.9 Å². The third kappa shape index (κ3) is 4.47. The molecule has 0 radical (unpaired) electrons. The quantitative estimate of drug-likeness (QED) is 0.106. The highest BCUT2D eigenvalue weighted by atomic mass is 14.3. The maximum atomic E-state index is 2.52. The normalized spacial score (nSPS) is 12.5. The van der Waals surface area contributed by atoms with E-state index in [1.165, 1.54) is 148 Å². The van der Waals surface area contributed by atoms with Crippen LogP contribution in [0.15, 0.2) is 146 Å². The maximum Gasteiger partial charge on any atom is -0.00136 e. The fraction of sp³-hybridized carbons (Fsp3) is 0.154. The Kier molecular flexibility index (Phi) is 6.87. The molecule has 0 nitrogen and oxygen atoms in total. The van der Waals surface area contributed by atoms with Gasteiger partial charge in [-0.15, -0.1) is 0 Å². The van der Waals surface area contributed by atoms with Crippen molar-refractivity contribution in [3.8, 4) is 44.5 Å². The Morgan fingerprint density at radius 3 is 1.69 bits per heavy atom. The van der Waals surface area contributed by atoms with Crippen molar-refractivity contribution in [1.29, 1.82) is 0 Å². The molecule has 9 aromatic carbocycles. The van der Waals surface area contributed by atoms with Gasteiger partial charge < -0.3 is 0 Å². The number of unbranched alkanes of at least 4 members (excludes halogenated alkanes) is 5. The summed E-state index contributed by atoms with van der Waals surface area (Å²) >= 11 is 0. The number of aryl methyl sites for hydroxylation is 2. The molecule has 9 aromatic rings. The molecule has 2 aliphatic rings. The van der Waals surface area contributed by atoms with Gasteiger partial charge in [-0.3, -0.25) is 0 Å². The van der Waals surface area contributed by atoms with Gasteiger partial charge in [0.1, 0.15) is 0 Å². The van der Waals surface area contributed by atoms with Gasteiger partial charge in [0.15, 0.2) is 0 Å². The van der Waals surface area contributed by atoms with Gasteiger partial charge in [0.05, 0.1) is 0 Å². The molecule has 0 heterocycles. The van der Waals surface area contributed by atoms with E-state index >= 15 is 0 Å². The minimum Gasteiger partial charge on any atom is -0.0616 e. The van der Waals surface area contributed by atoms with Crippen molar-refractivity contribution in [3.05, 3.63) is 157 Å². The van der Waals surface area contributed by atoms with Gasteiger partial charge >= 0.3 is 0 Å². The van der Waals surface area contributed by atoms with Gasteiger partial charge in [-0.2, -0.15) is 0 Å². The van der Waals surface area contributed by atoms with E-state index in [9.17, 15) is 0 Å². The molecule has 11 rings (SSSR count). The van der Waals surface area contributed by atoms with Crippen LogP contribution in [-0.4, -0.2) is 0 Å². The number of fused-ring (bicyclic) bond motifs is 13. The molecule has 0 N–H and O–H groups in total. The molecule has 0 unspecified atom stereocenters. The molecule has 0 saturated heterocycles. The maximum absolute atomic E-state index is 2.52. The highest BCUT2D eigenvalue weighted by molar-refractivity contribution is 6.30. The summed E-state index contributed by atoms with van der Waals surface area (Å²) in [6.07, 6.45) is 10.0. The van der Waals surface area contributed by atoms with Crippen LogP contribution in [0.1, 0.15) is 49.7 Å². The first-order chi connectivity index (χ1) is 25.8. The first kappa shape index (κ1) is 30.0. The largest absolute Gasteiger partial charge is 0.0616 e. The summed E-state index contributed by atoms with van der Waals surface area (Å²) in [5.74, 6) is 0. The van der Waals surface area contributed by atoms with E-state index in [0.717, 1.165) is 12.8 Å². The molecule has 0 aliphatic heterocycles. The summed E-state index contributed by atoms with van der Waals surface area (Å²) < 4.78 is 0. The number of rotatable bonds is 9. The molecule has 0 aromatic heterocycles. The Bertz CT molecular complexity index is 2900. The summed E-state index contributed by atoms with van der Waals surface area (Å²) in [6.45, 7) is 0. The van der Waals surface area contributed by atoms with E-state index in [1.807, 2.05) is 0 Å². The highest BCUT2D eigenvalue weighted by Crippen LogP contribution is 2.54. The second-order valence-electron chi connectivity index (χ2n) is 15.2. The van der Waals surface area contributed by atoms with Gasteiger partial charge in [0.25, 0.3) is 0 Å². The van der Waals surface area contributed by atoms with Crippen LogP contribution in [0.25, 0.3) is 98.4 Å². The van der Waals surface area contributed by atoms with Crippen LogP contribution in [0.4, 0.5) is 0 Å². The van der Waals surface area contributed by atoms with Crippen molar-refractivity contribution in [2.45, 2.75) is 51.4 Å². The molecule has 0 bridgehead atoms. The molecule has 248 valence electrons. The second kappa shape index (κ2) is 11.9. The van der Waals surface area contributed by atoms with Crippen LogP contribution in [0, 0.1) is 0 Å². The van der Waals surface area contributed by atoms with Crippen molar-refractivity contribution in [2.24, 2.45) is 0 Å². The van der Waals surface area contributed by atoms with Crippen LogP contribution in [-0.2, 0) is 12.8 Å². The molecule has 0 atom stereocenters. The van der Waals surface area contributed by atoms with Crippen LogP contribution >= 0.6 is 0 Å². The standard InChI is InChI=1S/C52H40/c1(2-4-6-16-37-28-27-36-19-11-23-42-43-31-29-34-15-7-8-20-38(34)50(43)49(37)48(36)42)3-5-14-33-26-30-40-39-21-9-10-22-41(39)51-44-24-12-17-35-18-13-25-45(47(35)44)52(51)46(40)32-33/h7-13,15,17-32H,1-6,14,16H2. The van der Waals surface area contributed by atoms with E-state index in [2.05, 4.69) is 146 Å². The van der Waals surface area contributed by atoms with E-state index in [4.69, 9.17) is 0 Å². The summed E-state index contributed by atoms with van der Waals surface area (Å²) in [5.41, 5.74) is 14.4. The van der Waals surface area contributed by atoms with E-state index in [0.29, 0.717) is 0 Å². The van der Waals surface area contributed by atoms with Gasteiger partial charge in [-0.25, -0.2) is 0 Å². The minimum absolute atomic E-state index is 1.14. The lowest BCUT2D eigenvalue weighted by atomic mass is 9.89. The molecule has 0 fully saturated rings. The first-order valence-corrected chi connectivity index (χ1v) is 19.4. The van der Waals surface area contributed by atoms with Crippen molar-refractivity contribution in [2.75, 3.05) is 0 Å². The summed E-state index contributed by atoms with van der Waals surface area (Å²) in [5, 5.41) is 13.8. The van der Waals surface area contributed by atoms with Crippen molar-refractivity contribution in [3.63, 3.8) is 0 Å². The van der Waals surface area contributed by atoms with E-state index in [-0.39, 0.29) is 0 Å².